The molecule has 0 atom stereocenters. The molecule has 0 saturated carbocycles. The normalized spacial score (nSPS) is 9.00. The summed E-state index contributed by atoms with van der Waals surface area (Å²) in [4.78, 5) is 0. The van der Waals surface area contributed by atoms with Gasteiger partial charge in [-0.2, -0.15) is 0 Å². The van der Waals surface area contributed by atoms with Crippen molar-refractivity contribution in [3.8, 4) is 0 Å². The molecule has 0 aliphatic rings. The molecule has 0 aliphatic carbocycles. The second kappa shape index (κ2) is 5.99. The summed E-state index contributed by atoms with van der Waals surface area (Å²) in [5, 5.41) is 7.04. The zero-order chi connectivity index (χ0) is 8.97. The molecule has 0 aromatic heterocycles. The standard InChI is InChI=1S/C8H9FN2S.BrH/c9-7-3-1-6(2-4-7)5-12-8(10)11;/h1-4H,5H2,(H3,10,11);1H. The Morgan fingerprint density at radius 2 is 1.92 bits per heavy atom. The van der Waals surface area contributed by atoms with Gasteiger partial charge in [0, 0.05) is 5.75 Å². The predicted octanol–water partition coefficient (Wildman–Crippen LogP) is 2.53. The minimum atomic E-state index is -0.244. The number of amidine groups is 1. The molecule has 0 unspecified atom stereocenters. The third-order valence-corrected chi connectivity index (χ3v) is 2.10. The van der Waals surface area contributed by atoms with Crippen molar-refractivity contribution in [2.75, 3.05) is 0 Å². The quantitative estimate of drug-likeness (QED) is 0.637. The molecular weight excluding hydrogens is 255 g/mol. The van der Waals surface area contributed by atoms with Gasteiger partial charge in [0.05, 0.1) is 0 Å². The zero-order valence-corrected chi connectivity index (χ0v) is 9.32. The molecule has 0 bridgehead atoms. The molecule has 13 heavy (non-hydrogen) atoms. The van der Waals surface area contributed by atoms with Crippen molar-refractivity contribution in [2.45, 2.75) is 5.75 Å². The third kappa shape index (κ3) is 4.90. The Balaban J connectivity index is 0.00000144. The van der Waals surface area contributed by atoms with Crippen LogP contribution in [0.5, 0.6) is 0 Å². The average Bonchev–Trinajstić information content (AvgIpc) is 2.03. The molecule has 72 valence electrons. The van der Waals surface area contributed by atoms with Crippen LogP contribution in [0.3, 0.4) is 0 Å². The topological polar surface area (TPSA) is 49.9 Å². The lowest BCUT2D eigenvalue weighted by atomic mass is 10.2. The van der Waals surface area contributed by atoms with Gasteiger partial charge < -0.3 is 5.73 Å². The molecule has 0 amide bonds. The van der Waals surface area contributed by atoms with E-state index >= 15 is 0 Å². The molecule has 0 spiro atoms. The Morgan fingerprint density at radius 3 is 2.38 bits per heavy atom. The second-order valence-electron chi connectivity index (χ2n) is 2.28. The highest BCUT2D eigenvalue weighted by Crippen LogP contribution is 2.11. The molecular formula is C8H10BrFN2S. The van der Waals surface area contributed by atoms with Gasteiger partial charge in [-0.1, -0.05) is 23.9 Å². The fraction of sp³-hybridized carbons (Fsp3) is 0.125. The van der Waals surface area contributed by atoms with Crippen molar-refractivity contribution in [1.82, 2.24) is 0 Å². The third-order valence-electron chi connectivity index (χ3n) is 1.31. The van der Waals surface area contributed by atoms with Crippen molar-refractivity contribution in [3.05, 3.63) is 35.6 Å². The first-order valence-corrected chi connectivity index (χ1v) is 4.38. The number of thioether (sulfide) groups is 1. The van der Waals surface area contributed by atoms with Gasteiger partial charge in [-0.3, -0.25) is 5.41 Å². The maximum absolute atomic E-state index is 12.4. The number of halogens is 2. The van der Waals surface area contributed by atoms with Crippen LogP contribution in [0.15, 0.2) is 24.3 Å². The SMILES string of the molecule is Br.N=C(N)SCc1ccc(F)cc1. The van der Waals surface area contributed by atoms with E-state index in [9.17, 15) is 4.39 Å². The van der Waals surface area contributed by atoms with E-state index < -0.39 is 0 Å². The number of hydrogen-bond acceptors (Lipinski definition) is 2. The first kappa shape index (κ1) is 12.4. The predicted molar refractivity (Wildman–Crippen MR) is 59.9 cm³/mol. The Kier molecular flexibility index (Phi) is 5.73. The van der Waals surface area contributed by atoms with E-state index in [1.807, 2.05) is 0 Å². The van der Waals surface area contributed by atoms with Crippen LogP contribution in [-0.2, 0) is 5.75 Å². The Labute approximate surface area is 91.0 Å². The minimum Gasteiger partial charge on any atom is -0.379 e. The second-order valence-corrected chi connectivity index (χ2v) is 3.30. The van der Waals surface area contributed by atoms with E-state index in [1.54, 1.807) is 12.1 Å². The van der Waals surface area contributed by atoms with E-state index in [0.717, 1.165) is 5.56 Å². The van der Waals surface area contributed by atoms with Gasteiger partial charge >= 0.3 is 0 Å². The summed E-state index contributed by atoms with van der Waals surface area (Å²) in [6.07, 6.45) is 0. The van der Waals surface area contributed by atoms with Crippen molar-refractivity contribution in [1.29, 1.82) is 5.41 Å². The van der Waals surface area contributed by atoms with Crippen molar-refractivity contribution in [3.63, 3.8) is 0 Å². The summed E-state index contributed by atoms with van der Waals surface area (Å²) in [6.45, 7) is 0. The summed E-state index contributed by atoms with van der Waals surface area (Å²) in [6, 6.07) is 6.17. The van der Waals surface area contributed by atoms with Crippen LogP contribution in [0.4, 0.5) is 4.39 Å². The van der Waals surface area contributed by atoms with Gasteiger partial charge in [0.2, 0.25) is 0 Å². The molecule has 2 nitrogen and oxygen atoms in total. The Bertz CT molecular complexity index is 276. The van der Waals surface area contributed by atoms with Gasteiger partial charge in [-0.25, -0.2) is 4.39 Å². The molecule has 0 aliphatic heterocycles. The lowest BCUT2D eigenvalue weighted by molar-refractivity contribution is 0.627. The van der Waals surface area contributed by atoms with Gasteiger partial charge in [-0.05, 0) is 17.7 Å². The minimum absolute atomic E-state index is 0. The van der Waals surface area contributed by atoms with Gasteiger partial charge in [0.15, 0.2) is 5.17 Å². The summed E-state index contributed by atoms with van der Waals surface area (Å²) >= 11 is 1.23. The van der Waals surface area contributed by atoms with E-state index in [0.29, 0.717) is 5.75 Å². The van der Waals surface area contributed by atoms with E-state index in [1.165, 1.54) is 23.9 Å². The molecule has 0 heterocycles. The van der Waals surface area contributed by atoms with Crippen LogP contribution in [0.1, 0.15) is 5.56 Å². The zero-order valence-electron chi connectivity index (χ0n) is 6.79. The fourth-order valence-electron chi connectivity index (χ4n) is 0.742. The maximum atomic E-state index is 12.4. The molecule has 5 heteroatoms. The van der Waals surface area contributed by atoms with Crippen molar-refractivity contribution in [2.24, 2.45) is 5.73 Å². The van der Waals surface area contributed by atoms with Gasteiger partial charge in [0.1, 0.15) is 5.82 Å². The lowest BCUT2D eigenvalue weighted by Gasteiger charge is -1.98. The number of benzene rings is 1. The number of nitrogens with one attached hydrogen (secondary N) is 1. The van der Waals surface area contributed by atoms with Crippen LogP contribution >= 0.6 is 28.7 Å². The number of hydrogen-bond donors (Lipinski definition) is 2. The van der Waals surface area contributed by atoms with Gasteiger partial charge in [-0.15, -0.1) is 17.0 Å². The average molecular weight is 265 g/mol. The number of nitrogens with two attached hydrogens (primary N) is 1. The maximum Gasteiger partial charge on any atom is 0.151 e. The van der Waals surface area contributed by atoms with Crippen LogP contribution in [-0.4, -0.2) is 5.17 Å². The van der Waals surface area contributed by atoms with E-state index in [2.05, 4.69) is 0 Å². The summed E-state index contributed by atoms with van der Waals surface area (Å²) in [5.74, 6) is 0.377. The summed E-state index contributed by atoms with van der Waals surface area (Å²) < 4.78 is 12.4. The summed E-state index contributed by atoms with van der Waals surface area (Å²) in [7, 11) is 0. The highest BCUT2D eigenvalue weighted by molar-refractivity contribution is 8.93. The Hall–Kier alpha value is -0.550. The largest absolute Gasteiger partial charge is 0.379 e. The van der Waals surface area contributed by atoms with Gasteiger partial charge in [0.25, 0.3) is 0 Å². The molecule has 0 saturated heterocycles. The highest BCUT2D eigenvalue weighted by atomic mass is 79.9. The Morgan fingerprint density at radius 1 is 1.38 bits per heavy atom. The molecule has 1 aromatic rings. The van der Waals surface area contributed by atoms with Crippen LogP contribution < -0.4 is 5.73 Å². The molecule has 0 radical (unpaired) electrons. The van der Waals surface area contributed by atoms with Crippen LogP contribution in [0, 0.1) is 11.2 Å². The molecule has 1 aromatic carbocycles. The first-order valence-electron chi connectivity index (χ1n) is 3.40. The molecule has 0 fully saturated rings. The van der Waals surface area contributed by atoms with Crippen molar-refractivity contribution >= 4 is 33.9 Å². The van der Waals surface area contributed by atoms with Crippen LogP contribution in [0.25, 0.3) is 0 Å². The van der Waals surface area contributed by atoms with E-state index in [4.69, 9.17) is 11.1 Å². The lowest BCUT2D eigenvalue weighted by Crippen LogP contribution is -2.03. The molecule has 1 rings (SSSR count). The first-order chi connectivity index (χ1) is 5.68. The number of rotatable bonds is 2. The molecule has 3 N–H and O–H groups in total. The van der Waals surface area contributed by atoms with Crippen LogP contribution in [0.2, 0.25) is 0 Å². The van der Waals surface area contributed by atoms with E-state index in [-0.39, 0.29) is 28.0 Å². The fourth-order valence-corrected chi connectivity index (χ4v) is 1.26. The smallest absolute Gasteiger partial charge is 0.151 e. The summed E-state index contributed by atoms with van der Waals surface area (Å²) in [5.41, 5.74) is 6.11. The monoisotopic (exact) mass is 264 g/mol. The van der Waals surface area contributed by atoms with Crippen molar-refractivity contribution < 1.29 is 4.39 Å². The highest BCUT2D eigenvalue weighted by Gasteiger charge is 1.95.